The van der Waals surface area contributed by atoms with Crippen molar-refractivity contribution >= 4 is 5.91 Å². The third-order valence-corrected chi connectivity index (χ3v) is 3.78. The number of hydrogen-bond acceptors (Lipinski definition) is 2. The van der Waals surface area contributed by atoms with Crippen molar-refractivity contribution in [3.05, 3.63) is 53.6 Å². The van der Waals surface area contributed by atoms with Gasteiger partial charge in [0.25, 0.3) is 5.91 Å². The maximum absolute atomic E-state index is 12.7. The standard InChI is InChI=1S/C16H16F3N3O/c17-16(18,19)13-3-1-2-12(10-13)15(23)21-7-9-22-8-6-20-14(22)11-4-5-11/h1-3,6,8,10-11H,4-5,7,9H2,(H,21,23). The fourth-order valence-electron chi connectivity index (χ4n) is 2.44. The molecule has 1 N–H and O–H groups in total. The predicted molar refractivity (Wildman–Crippen MR) is 78.0 cm³/mol. The third-order valence-electron chi connectivity index (χ3n) is 3.78. The smallest absolute Gasteiger partial charge is 0.350 e. The Morgan fingerprint density at radius 1 is 1.35 bits per heavy atom. The number of aromatic nitrogens is 2. The molecule has 0 saturated heterocycles. The van der Waals surface area contributed by atoms with Gasteiger partial charge < -0.3 is 9.88 Å². The summed E-state index contributed by atoms with van der Waals surface area (Å²) in [5, 5.41) is 2.65. The zero-order valence-corrected chi connectivity index (χ0v) is 12.3. The number of benzene rings is 1. The molecule has 0 atom stereocenters. The average Bonchev–Trinajstić information content (AvgIpc) is 3.26. The van der Waals surface area contributed by atoms with Crippen LogP contribution < -0.4 is 5.32 Å². The van der Waals surface area contributed by atoms with E-state index in [1.165, 1.54) is 12.1 Å². The molecule has 0 spiro atoms. The van der Waals surface area contributed by atoms with Crippen LogP contribution in [0.4, 0.5) is 13.2 Å². The van der Waals surface area contributed by atoms with E-state index in [9.17, 15) is 18.0 Å². The molecular weight excluding hydrogens is 307 g/mol. The Hall–Kier alpha value is -2.31. The number of rotatable bonds is 5. The largest absolute Gasteiger partial charge is 0.416 e. The van der Waals surface area contributed by atoms with E-state index >= 15 is 0 Å². The molecule has 0 aliphatic heterocycles. The number of hydrogen-bond donors (Lipinski definition) is 1. The van der Waals surface area contributed by atoms with Crippen molar-refractivity contribution in [3.63, 3.8) is 0 Å². The van der Waals surface area contributed by atoms with E-state index < -0.39 is 17.6 Å². The van der Waals surface area contributed by atoms with E-state index in [1.54, 1.807) is 6.20 Å². The van der Waals surface area contributed by atoms with Crippen LogP contribution in [0, 0.1) is 0 Å². The molecule has 0 radical (unpaired) electrons. The first-order chi connectivity index (χ1) is 10.9. The maximum atomic E-state index is 12.7. The van der Waals surface area contributed by atoms with Gasteiger partial charge in [-0.05, 0) is 31.0 Å². The lowest BCUT2D eigenvalue weighted by Crippen LogP contribution is -2.27. The zero-order valence-electron chi connectivity index (χ0n) is 12.3. The second kappa shape index (κ2) is 6.06. The van der Waals surface area contributed by atoms with Gasteiger partial charge in [0, 0.05) is 37.0 Å². The first kappa shape index (κ1) is 15.6. The summed E-state index contributed by atoms with van der Waals surface area (Å²) in [7, 11) is 0. The Kier molecular flexibility index (Phi) is 4.11. The Labute approximate surface area is 131 Å². The molecule has 1 aromatic carbocycles. The predicted octanol–water partition coefficient (Wildman–Crippen LogP) is 3.21. The van der Waals surface area contributed by atoms with Crippen molar-refractivity contribution in [2.24, 2.45) is 0 Å². The van der Waals surface area contributed by atoms with Crippen molar-refractivity contribution in [2.45, 2.75) is 31.5 Å². The van der Waals surface area contributed by atoms with Crippen molar-refractivity contribution in [2.75, 3.05) is 6.54 Å². The lowest BCUT2D eigenvalue weighted by molar-refractivity contribution is -0.137. The summed E-state index contributed by atoms with van der Waals surface area (Å²) in [5.74, 6) is 1.01. The van der Waals surface area contributed by atoms with Gasteiger partial charge in [0.15, 0.2) is 0 Å². The minimum atomic E-state index is -4.45. The molecule has 0 unspecified atom stereocenters. The molecule has 23 heavy (non-hydrogen) atoms. The second-order valence-corrected chi connectivity index (χ2v) is 5.59. The van der Waals surface area contributed by atoms with Gasteiger partial charge in [-0.1, -0.05) is 6.07 Å². The van der Waals surface area contributed by atoms with E-state index in [0.29, 0.717) is 19.0 Å². The van der Waals surface area contributed by atoms with Crippen molar-refractivity contribution < 1.29 is 18.0 Å². The number of amides is 1. The van der Waals surface area contributed by atoms with Gasteiger partial charge in [0.2, 0.25) is 0 Å². The number of nitrogens with zero attached hydrogens (tertiary/aromatic N) is 2. The minimum Gasteiger partial charge on any atom is -0.350 e. The molecule has 1 fully saturated rings. The van der Waals surface area contributed by atoms with Crippen LogP contribution in [-0.2, 0) is 12.7 Å². The van der Waals surface area contributed by atoms with Crippen molar-refractivity contribution in [1.82, 2.24) is 14.9 Å². The van der Waals surface area contributed by atoms with Crippen LogP contribution in [0.5, 0.6) is 0 Å². The van der Waals surface area contributed by atoms with E-state index in [2.05, 4.69) is 10.3 Å². The number of nitrogens with one attached hydrogen (secondary N) is 1. The summed E-state index contributed by atoms with van der Waals surface area (Å²) in [6, 6.07) is 4.42. The van der Waals surface area contributed by atoms with Gasteiger partial charge in [-0.25, -0.2) is 4.98 Å². The Bertz CT molecular complexity index is 705. The van der Waals surface area contributed by atoms with Gasteiger partial charge in [0.1, 0.15) is 5.82 Å². The number of carbonyl (C=O) groups excluding carboxylic acids is 1. The molecule has 122 valence electrons. The SMILES string of the molecule is O=C(NCCn1ccnc1C1CC1)c1cccc(C(F)(F)F)c1. The lowest BCUT2D eigenvalue weighted by Gasteiger charge is -2.10. The van der Waals surface area contributed by atoms with Crippen LogP contribution in [0.1, 0.15) is 40.5 Å². The van der Waals surface area contributed by atoms with E-state index in [4.69, 9.17) is 0 Å². The average molecular weight is 323 g/mol. The highest BCUT2D eigenvalue weighted by Gasteiger charge is 2.31. The van der Waals surface area contributed by atoms with Crippen LogP contribution in [0.15, 0.2) is 36.7 Å². The van der Waals surface area contributed by atoms with Gasteiger partial charge in [0.05, 0.1) is 5.56 Å². The third kappa shape index (κ3) is 3.72. The van der Waals surface area contributed by atoms with Crippen LogP contribution in [-0.4, -0.2) is 22.0 Å². The molecule has 2 aromatic rings. The monoisotopic (exact) mass is 323 g/mol. The number of carbonyl (C=O) groups is 1. The van der Waals surface area contributed by atoms with Crippen molar-refractivity contribution in [1.29, 1.82) is 0 Å². The van der Waals surface area contributed by atoms with Crippen molar-refractivity contribution in [3.8, 4) is 0 Å². The topological polar surface area (TPSA) is 46.9 Å². The summed E-state index contributed by atoms with van der Waals surface area (Å²) in [4.78, 5) is 16.3. The highest BCUT2D eigenvalue weighted by molar-refractivity contribution is 5.94. The molecule has 1 aliphatic carbocycles. The Morgan fingerprint density at radius 3 is 2.83 bits per heavy atom. The molecule has 1 amide bonds. The summed E-state index contributed by atoms with van der Waals surface area (Å²) in [6.45, 7) is 0.891. The zero-order chi connectivity index (χ0) is 16.4. The highest BCUT2D eigenvalue weighted by Crippen LogP contribution is 2.38. The van der Waals surface area contributed by atoms with Gasteiger partial charge >= 0.3 is 6.18 Å². The molecule has 1 heterocycles. The molecule has 3 rings (SSSR count). The lowest BCUT2D eigenvalue weighted by atomic mass is 10.1. The van der Waals surface area contributed by atoms with Crippen LogP contribution in [0.25, 0.3) is 0 Å². The van der Waals surface area contributed by atoms with E-state index in [1.807, 2.05) is 10.8 Å². The van der Waals surface area contributed by atoms with Gasteiger partial charge in [-0.15, -0.1) is 0 Å². The molecule has 7 heteroatoms. The Morgan fingerprint density at radius 2 is 2.13 bits per heavy atom. The number of imidazole rings is 1. The van der Waals surface area contributed by atoms with E-state index in [-0.39, 0.29) is 5.56 Å². The minimum absolute atomic E-state index is 0.00729. The molecule has 1 aliphatic rings. The van der Waals surface area contributed by atoms with Crippen LogP contribution in [0.3, 0.4) is 0 Å². The summed E-state index contributed by atoms with van der Waals surface area (Å²) >= 11 is 0. The second-order valence-electron chi connectivity index (χ2n) is 5.59. The summed E-state index contributed by atoms with van der Waals surface area (Å²) in [5.41, 5.74) is -0.816. The number of alkyl halides is 3. The van der Waals surface area contributed by atoms with Crippen LogP contribution in [0.2, 0.25) is 0 Å². The molecule has 1 saturated carbocycles. The molecule has 4 nitrogen and oxygen atoms in total. The first-order valence-electron chi connectivity index (χ1n) is 7.41. The summed E-state index contributed by atoms with van der Waals surface area (Å²) < 4.78 is 39.9. The fourth-order valence-corrected chi connectivity index (χ4v) is 2.44. The van der Waals surface area contributed by atoms with E-state index in [0.717, 1.165) is 30.8 Å². The van der Waals surface area contributed by atoms with Crippen LogP contribution >= 0.6 is 0 Å². The molecule has 0 bridgehead atoms. The quantitative estimate of drug-likeness (QED) is 0.918. The van der Waals surface area contributed by atoms with Gasteiger partial charge in [-0.2, -0.15) is 13.2 Å². The Balaban J connectivity index is 1.58. The fraction of sp³-hybridized carbons (Fsp3) is 0.375. The normalized spacial score (nSPS) is 14.7. The molecule has 1 aromatic heterocycles. The summed E-state index contributed by atoms with van der Waals surface area (Å²) in [6.07, 6.45) is 1.39. The maximum Gasteiger partial charge on any atom is 0.416 e. The first-order valence-corrected chi connectivity index (χ1v) is 7.41. The number of halogens is 3. The van der Waals surface area contributed by atoms with Gasteiger partial charge in [-0.3, -0.25) is 4.79 Å². The molecular formula is C16H16F3N3O. The highest BCUT2D eigenvalue weighted by atomic mass is 19.4.